The van der Waals surface area contributed by atoms with Crippen LogP contribution >= 0.6 is 23.2 Å². The number of halogens is 2. The molecule has 23 heavy (non-hydrogen) atoms. The molecule has 2 rings (SSSR count). The molecule has 0 atom stereocenters. The topological polar surface area (TPSA) is 47.6 Å². The van der Waals surface area contributed by atoms with Gasteiger partial charge in [-0.25, -0.2) is 0 Å². The van der Waals surface area contributed by atoms with Crippen molar-refractivity contribution in [3.63, 3.8) is 0 Å². The lowest BCUT2D eigenvalue weighted by Crippen LogP contribution is -2.12. The molecule has 2 aromatic rings. The van der Waals surface area contributed by atoms with Crippen LogP contribution in [0.3, 0.4) is 0 Å². The van der Waals surface area contributed by atoms with Crippen molar-refractivity contribution in [3.8, 4) is 11.5 Å². The van der Waals surface area contributed by atoms with E-state index in [-0.39, 0.29) is 5.91 Å². The number of anilines is 1. The summed E-state index contributed by atoms with van der Waals surface area (Å²) in [4.78, 5) is 12.4. The van der Waals surface area contributed by atoms with Crippen LogP contribution in [0.25, 0.3) is 0 Å². The van der Waals surface area contributed by atoms with E-state index in [1.54, 1.807) is 36.4 Å². The molecule has 0 saturated heterocycles. The SMILES string of the molecule is CCOc1ccc(C(=O)Nc2cc(Cl)ccc2Cl)cc1OCC. The number of ether oxygens (including phenoxy) is 2. The molecule has 0 aliphatic carbocycles. The van der Waals surface area contributed by atoms with Crippen molar-refractivity contribution in [2.45, 2.75) is 13.8 Å². The van der Waals surface area contributed by atoms with Crippen LogP contribution in [0.2, 0.25) is 10.0 Å². The molecule has 2 aromatic carbocycles. The van der Waals surface area contributed by atoms with Gasteiger partial charge in [-0.2, -0.15) is 0 Å². The Morgan fingerprint density at radius 2 is 1.70 bits per heavy atom. The van der Waals surface area contributed by atoms with Gasteiger partial charge in [0, 0.05) is 10.6 Å². The van der Waals surface area contributed by atoms with E-state index in [1.165, 1.54) is 0 Å². The summed E-state index contributed by atoms with van der Waals surface area (Å²) in [6.45, 7) is 4.75. The Hall–Kier alpha value is -1.91. The fraction of sp³-hybridized carbons (Fsp3) is 0.235. The summed E-state index contributed by atoms with van der Waals surface area (Å²) in [6, 6.07) is 9.90. The van der Waals surface area contributed by atoms with E-state index in [0.29, 0.717) is 46.0 Å². The van der Waals surface area contributed by atoms with Gasteiger partial charge in [-0.3, -0.25) is 4.79 Å². The molecular weight excluding hydrogens is 337 g/mol. The lowest BCUT2D eigenvalue weighted by atomic mass is 10.2. The molecule has 0 aliphatic heterocycles. The van der Waals surface area contributed by atoms with E-state index in [0.717, 1.165) is 0 Å². The first kappa shape index (κ1) is 17.4. The number of carbonyl (C=O) groups excluding carboxylic acids is 1. The summed E-state index contributed by atoms with van der Waals surface area (Å²) in [5.74, 6) is 0.823. The van der Waals surface area contributed by atoms with Crippen LogP contribution in [0.4, 0.5) is 5.69 Å². The minimum Gasteiger partial charge on any atom is -0.490 e. The second-order valence-electron chi connectivity index (χ2n) is 4.61. The second kappa shape index (κ2) is 8.09. The maximum Gasteiger partial charge on any atom is 0.255 e. The molecule has 0 spiro atoms. The predicted octanol–water partition coefficient (Wildman–Crippen LogP) is 5.04. The fourth-order valence-electron chi connectivity index (χ4n) is 1.98. The van der Waals surface area contributed by atoms with Gasteiger partial charge in [0.2, 0.25) is 0 Å². The van der Waals surface area contributed by atoms with Crippen molar-refractivity contribution >= 4 is 34.8 Å². The van der Waals surface area contributed by atoms with Crippen LogP contribution in [0.5, 0.6) is 11.5 Å². The summed E-state index contributed by atoms with van der Waals surface area (Å²) in [5.41, 5.74) is 0.893. The van der Waals surface area contributed by atoms with Crippen molar-refractivity contribution in [2.24, 2.45) is 0 Å². The molecule has 4 nitrogen and oxygen atoms in total. The van der Waals surface area contributed by atoms with E-state index < -0.39 is 0 Å². The average molecular weight is 354 g/mol. The number of amides is 1. The van der Waals surface area contributed by atoms with Crippen LogP contribution in [-0.2, 0) is 0 Å². The van der Waals surface area contributed by atoms with E-state index in [2.05, 4.69) is 5.32 Å². The molecule has 0 aromatic heterocycles. The zero-order chi connectivity index (χ0) is 16.8. The quantitative estimate of drug-likeness (QED) is 0.790. The van der Waals surface area contributed by atoms with Crippen molar-refractivity contribution < 1.29 is 14.3 Å². The van der Waals surface area contributed by atoms with E-state index >= 15 is 0 Å². The van der Waals surface area contributed by atoms with Gasteiger partial charge in [0.1, 0.15) is 0 Å². The highest BCUT2D eigenvalue weighted by molar-refractivity contribution is 6.35. The smallest absolute Gasteiger partial charge is 0.255 e. The van der Waals surface area contributed by atoms with Crippen LogP contribution in [-0.4, -0.2) is 19.1 Å². The number of rotatable bonds is 6. The lowest BCUT2D eigenvalue weighted by molar-refractivity contribution is 0.102. The predicted molar refractivity (Wildman–Crippen MR) is 93.2 cm³/mol. The third-order valence-corrected chi connectivity index (χ3v) is 3.55. The fourth-order valence-corrected chi connectivity index (χ4v) is 2.32. The highest BCUT2D eigenvalue weighted by Gasteiger charge is 2.13. The summed E-state index contributed by atoms with van der Waals surface area (Å²) in [6.07, 6.45) is 0. The monoisotopic (exact) mass is 353 g/mol. The largest absolute Gasteiger partial charge is 0.490 e. The first-order chi connectivity index (χ1) is 11.0. The Labute approximate surface area is 145 Å². The van der Waals surface area contributed by atoms with Gasteiger partial charge in [-0.15, -0.1) is 0 Å². The summed E-state index contributed by atoms with van der Waals surface area (Å²) in [5, 5.41) is 3.64. The third-order valence-electron chi connectivity index (χ3n) is 2.98. The lowest BCUT2D eigenvalue weighted by Gasteiger charge is -2.13. The van der Waals surface area contributed by atoms with Crippen molar-refractivity contribution in [3.05, 3.63) is 52.0 Å². The van der Waals surface area contributed by atoms with Gasteiger partial charge in [0.25, 0.3) is 5.91 Å². The van der Waals surface area contributed by atoms with Gasteiger partial charge in [-0.1, -0.05) is 23.2 Å². The number of benzene rings is 2. The number of hydrogen-bond acceptors (Lipinski definition) is 3. The third kappa shape index (κ3) is 4.53. The van der Waals surface area contributed by atoms with Gasteiger partial charge in [-0.05, 0) is 50.2 Å². The molecule has 122 valence electrons. The molecule has 1 N–H and O–H groups in total. The molecular formula is C17H17Cl2NO3. The highest BCUT2D eigenvalue weighted by Crippen LogP contribution is 2.30. The Morgan fingerprint density at radius 3 is 2.39 bits per heavy atom. The highest BCUT2D eigenvalue weighted by atomic mass is 35.5. The van der Waals surface area contributed by atoms with Crippen molar-refractivity contribution in [1.82, 2.24) is 0 Å². The molecule has 0 heterocycles. The van der Waals surface area contributed by atoms with Gasteiger partial charge in [0.15, 0.2) is 11.5 Å². The number of hydrogen-bond donors (Lipinski definition) is 1. The first-order valence-corrected chi connectivity index (χ1v) is 7.96. The molecule has 0 aliphatic rings. The number of nitrogens with one attached hydrogen (secondary N) is 1. The van der Waals surface area contributed by atoms with Crippen LogP contribution in [0, 0.1) is 0 Å². The van der Waals surface area contributed by atoms with E-state index in [9.17, 15) is 4.79 Å². The summed E-state index contributed by atoms with van der Waals surface area (Å²) >= 11 is 12.0. The molecule has 0 radical (unpaired) electrons. The molecule has 0 fully saturated rings. The minimum atomic E-state index is -0.307. The maximum absolute atomic E-state index is 12.4. The Balaban J connectivity index is 2.25. The van der Waals surface area contributed by atoms with Crippen molar-refractivity contribution in [1.29, 1.82) is 0 Å². The first-order valence-electron chi connectivity index (χ1n) is 7.21. The normalized spacial score (nSPS) is 10.3. The minimum absolute atomic E-state index is 0.307. The summed E-state index contributed by atoms with van der Waals surface area (Å²) in [7, 11) is 0. The van der Waals surface area contributed by atoms with Crippen LogP contribution in [0.15, 0.2) is 36.4 Å². The molecule has 0 bridgehead atoms. The second-order valence-corrected chi connectivity index (χ2v) is 5.45. The number of carbonyl (C=O) groups is 1. The van der Waals surface area contributed by atoms with Gasteiger partial charge >= 0.3 is 0 Å². The average Bonchev–Trinajstić information content (AvgIpc) is 2.53. The Kier molecular flexibility index (Phi) is 6.13. The maximum atomic E-state index is 12.4. The summed E-state index contributed by atoms with van der Waals surface area (Å²) < 4.78 is 11.0. The van der Waals surface area contributed by atoms with Crippen LogP contribution < -0.4 is 14.8 Å². The zero-order valence-corrected chi connectivity index (χ0v) is 14.4. The van der Waals surface area contributed by atoms with Gasteiger partial charge in [0.05, 0.1) is 23.9 Å². The molecule has 1 amide bonds. The molecule has 6 heteroatoms. The van der Waals surface area contributed by atoms with Crippen molar-refractivity contribution in [2.75, 3.05) is 18.5 Å². The van der Waals surface area contributed by atoms with Gasteiger partial charge < -0.3 is 14.8 Å². The Morgan fingerprint density at radius 1 is 1.00 bits per heavy atom. The van der Waals surface area contributed by atoms with E-state index in [1.807, 2.05) is 13.8 Å². The Bertz CT molecular complexity index is 704. The molecule has 0 saturated carbocycles. The standard InChI is InChI=1S/C17H17Cl2NO3/c1-3-22-15-8-5-11(9-16(15)23-4-2)17(21)20-14-10-12(18)6-7-13(14)19/h5-10H,3-4H2,1-2H3,(H,20,21). The molecule has 0 unspecified atom stereocenters. The van der Waals surface area contributed by atoms with E-state index in [4.69, 9.17) is 32.7 Å². The van der Waals surface area contributed by atoms with Crippen LogP contribution in [0.1, 0.15) is 24.2 Å². The zero-order valence-electron chi connectivity index (χ0n) is 12.9.